The second-order valence-electron chi connectivity index (χ2n) is 5.15. The van der Waals surface area contributed by atoms with E-state index in [1.807, 2.05) is 60.7 Å². The number of hydrogen-bond donors (Lipinski definition) is 2. The average Bonchev–Trinajstić information content (AvgIpc) is 3.30. The van der Waals surface area contributed by atoms with Gasteiger partial charge in [-0.3, -0.25) is 0 Å². The molecule has 3 nitrogen and oxygen atoms in total. The number of hydrogen-bond acceptors (Lipinski definition) is 1. The highest BCUT2D eigenvalue weighted by molar-refractivity contribution is 5.75. The first-order chi connectivity index (χ1) is 9.83. The molecule has 20 heavy (non-hydrogen) atoms. The molecule has 0 radical (unpaired) electrons. The lowest BCUT2D eigenvalue weighted by Gasteiger charge is -2.20. The molecular weight excluding hydrogens is 248 g/mol. The van der Waals surface area contributed by atoms with E-state index in [4.69, 9.17) is 0 Å². The molecule has 1 saturated carbocycles. The van der Waals surface area contributed by atoms with Gasteiger partial charge < -0.3 is 10.6 Å². The summed E-state index contributed by atoms with van der Waals surface area (Å²) in [5.74, 6) is 0. The highest BCUT2D eigenvalue weighted by Gasteiger charge is 2.25. The van der Waals surface area contributed by atoms with Gasteiger partial charge >= 0.3 is 6.03 Å². The van der Waals surface area contributed by atoms with E-state index < -0.39 is 0 Å². The minimum absolute atomic E-state index is 0.0924. The van der Waals surface area contributed by atoms with E-state index in [0.29, 0.717) is 6.04 Å². The lowest BCUT2D eigenvalue weighted by atomic mass is 9.99. The van der Waals surface area contributed by atoms with E-state index in [-0.39, 0.29) is 12.1 Å². The van der Waals surface area contributed by atoms with Gasteiger partial charge in [0.1, 0.15) is 0 Å². The number of amides is 2. The number of urea groups is 1. The van der Waals surface area contributed by atoms with Crippen molar-refractivity contribution in [1.29, 1.82) is 0 Å². The number of rotatable bonds is 4. The molecule has 2 amide bonds. The van der Waals surface area contributed by atoms with Crippen LogP contribution in [0.1, 0.15) is 30.0 Å². The van der Waals surface area contributed by atoms with E-state index in [9.17, 15) is 4.79 Å². The standard InChI is InChI=1S/C17H18N2O/c20-17(18-15-11-12-15)19-16(13-7-3-1-4-8-13)14-9-5-2-6-10-14/h1-10,15-16H,11-12H2,(H2,18,19,20). The molecule has 2 aromatic rings. The third kappa shape index (κ3) is 3.18. The third-order valence-electron chi connectivity index (χ3n) is 3.45. The zero-order valence-electron chi connectivity index (χ0n) is 11.3. The van der Waals surface area contributed by atoms with Crippen molar-refractivity contribution in [1.82, 2.24) is 10.6 Å². The summed E-state index contributed by atoms with van der Waals surface area (Å²) >= 11 is 0. The molecule has 0 aromatic heterocycles. The van der Waals surface area contributed by atoms with Crippen LogP contribution < -0.4 is 10.6 Å². The third-order valence-corrected chi connectivity index (χ3v) is 3.45. The van der Waals surface area contributed by atoms with Gasteiger partial charge in [0, 0.05) is 6.04 Å². The number of benzene rings is 2. The first-order valence-electron chi connectivity index (χ1n) is 7.00. The number of nitrogens with one attached hydrogen (secondary N) is 2. The Morgan fingerprint density at radius 3 is 1.85 bits per heavy atom. The average molecular weight is 266 g/mol. The maximum atomic E-state index is 12.0. The van der Waals surface area contributed by atoms with Gasteiger partial charge in [-0.05, 0) is 24.0 Å². The van der Waals surface area contributed by atoms with E-state index >= 15 is 0 Å². The normalized spacial score (nSPS) is 14.1. The zero-order chi connectivity index (χ0) is 13.8. The van der Waals surface area contributed by atoms with E-state index in [0.717, 1.165) is 24.0 Å². The molecular formula is C17H18N2O. The van der Waals surface area contributed by atoms with Crippen LogP contribution in [0.25, 0.3) is 0 Å². The maximum Gasteiger partial charge on any atom is 0.315 e. The summed E-state index contributed by atoms with van der Waals surface area (Å²) < 4.78 is 0. The summed E-state index contributed by atoms with van der Waals surface area (Å²) in [6.45, 7) is 0. The van der Waals surface area contributed by atoms with Crippen molar-refractivity contribution < 1.29 is 4.79 Å². The minimum Gasteiger partial charge on any atom is -0.335 e. The van der Waals surface area contributed by atoms with Gasteiger partial charge in [-0.1, -0.05) is 60.7 Å². The molecule has 102 valence electrons. The molecule has 0 spiro atoms. The largest absolute Gasteiger partial charge is 0.335 e. The molecule has 3 rings (SSSR count). The maximum absolute atomic E-state index is 12.0. The van der Waals surface area contributed by atoms with Crippen molar-refractivity contribution in [3.05, 3.63) is 71.8 Å². The summed E-state index contributed by atoms with van der Waals surface area (Å²) in [5.41, 5.74) is 2.18. The van der Waals surface area contributed by atoms with Gasteiger partial charge in [0.15, 0.2) is 0 Å². The van der Waals surface area contributed by atoms with Crippen LogP contribution in [0.2, 0.25) is 0 Å². The molecule has 0 heterocycles. The number of carbonyl (C=O) groups is 1. The summed E-state index contributed by atoms with van der Waals surface area (Å²) in [4.78, 5) is 12.0. The van der Waals surface area contributed by atoms with Gasteiger partial charge in [0.2, 0.25) is 0 Å². The van der Waals surface area contributed by atoms with E-state index in [1.165, 1.54) is 0 Å². The Kier molecular flexibility index (Phi) is 3.68. The Morgan fingerprint density at radius 2 is 1.40 bits per heavy atom. The van der Waals surface area contributed by atoms with Crippen molar-refractivity contribution in [3.8, 4) is 0 Å². The van der Waals surface area contributed by atoms with Gasteiger partial charge in [0.25, 0.3) is 0 Å². The Morgan fingerprint density at radius 1 is 0.900 bits per heavy atom. The Bertz CT molecular complexity index is 525. The molecule has 3 heteroatoms. The van der Waals surface area contributed by atoms with Crippen molar-refractivity contribution in [2.24, 2.45) is 0 Å². The highest BCUT2D eigenvalue weighted by atomic mass is 16.2. The van der Waals surface area contributed by atoms with Crippen LogP contribution in [0.4, 0.5) is 4.79 Å². The van der Waals surface area contributed by atoms with Crippen LogP contribution in [-0.2, 0) is 0 Å². The lowest BCUT2D eigenvalue weighted by Crippen LogP contribution is -2.39. The van der Waals surface area contributed by atoms with Gasteiger partial charge in [-0.25, -0.2) is 4.79 Å². The summed E-state index contributed by atoms with van der Waals surface area (Å²) in [5, 5.41) is 6.04. The molecule has 0 unspecified atom stereocenters. The Balaban J connectivity index is 1.81. The van der Waals surface area contributed by atoms with Crippen molar-refractivity contribution in [2.75, 3.05) is 0 Å². The summed E-state index contributed by atoms with van der Waals surface area (Å²) in [6.07, 6.45) is 2.18. The quantitative estimate of drug-likeness (QED) is 0.876. The summed E-state index contributed by atoms with van der Waals surface area (Å²) in [6, 6.07) is 20.2. The second-order valence-corrected chi connectivity index (χ2v) is 5.15. The van der Waals surface area contributed by atoms with Crippen LogP contribution >= 0.6 is 0 Å². The van der Waals surface area contributed by atoms with Crippen LogP contribution in [0.15, 0.2) is 60.7 Å². The summed E-state index contributed by atoms with van der Waals surface area (Å²) in [7, 11) is 0. The van der Waals surface area contributed by atoms with Crippen LogP contribution in [0.5, 0.6) is 0 Å². The van der Waals surface area contributed by atoms with Gasteiger partial charge in [0.05, 0.1) is 6.04 Å². The minimum atomic E-state index is -0.115. The molecule has 0 saturated heterocycles. The molecule has 0 atom stereocenters. The molecule has 2 aromatic carbocycles. The van der Waals surface area contributed by atoms with Crippen molar-refractivity contribution >= 4 is 6.03 Å². The van der Waals surface area contributed by atoms with Gasteiger partial charge in [-0.15, -0.1) is 0 Å². The zero-order valence-corrected chi connectivity index (χ0v) is 11.3. The fourth-order valence-electron chi connectivity index (χ4n) is 2.24. The molecule has 2 N–H and O–H groups in total. The fraction of sp³-hybridized carbons (Fsp3) is 0.235. The topological polar surface area (TPSA) is 41.1 Å². The second kappa shape index (κ2) is 5.78. The lowest BCUT2D eigenvalue weighted by molar-refractivity contribution is 0.238. The van der Waals surface area contributed by atoms with Gasteiger partial charge in [-0.2, -0.15) is 0 Å². The van der Waals surface area contributed by atoms with E-state index in [1.54, 1.807) is 0 Å². The molecule has 0 aliphatic heterocycles. The van der Waals surface area contributed by atoms with Crippen LogP contribution in [0, 0.1) is 0 Å². The Hall–Kier alpha value is -2.29. The van der Waals surface area contributed by atoms with Crippen LogP contribution in [0.3, 0.4) is 0 Å². The Labute approximate surface area is 119 Å². The molecule has 1 fully saturated rings. The number of carbonyl (C=O) groups excluding carboxylic acids is 1. The molecule has 1 aliphatic carbocycles. The monoisotopic (exact) mass is 266 g/mol. The molecule has 1 aliphatic rings. The SMILES string of the molecule is O=C(NC1CC1)NC(c1ccccc1)c1ccccc1. The predicted octanol–water partition coefficient (Wildman–Crippen LogP) is 3.24. The van der Waals surface area contributed by atoms with Crippen molar-refractivity contribution in [3.63, 3.8) is 0 Å². The highest BCUT2D eigenvalue weighted by Crippen LogP contribution is 2.22. The first-order valence-corrected chi connectivity index (χ1v) is 7.00. The van der Waals surface area contributed by atoms with E-state index in [2.05, 4.69) is 10.6 Å². The van der Waals surface area contributed by atoms with Crippen molar-refractivity contribution in [2.45, 2.75) is 24.9 Å². The smallest absolute Gasteiger partial charge is 0.315 e. The first kappa shape index (κ1) is 12.7. The molecule has 0 bridgehead atoms. The fourth-order valence-corrected chi connectivity index (χ4v) is 2.24. The van der Waals surface area contributed by atoms with Crippen LogP contribution in [-0.4, -0.2) is 12.1 Å². The predicted molar refractivity (Wildman–Crippen MR) is 79.4 cm³/mol.